The third-order valence-electron chi connectivity index (χ3n) is 4.63. The summed E-state index contributed by atoms with van der Waals surface area (Å²) in [5.41, 5.74) is 1.16. The van der Waals surface area contributed by atoms with Gasteiger partial charge in [-0.15, -0.1) is 11.3 Å². The van der Waals surface area contributed by atoms with Gasteiger partial charge in [0, 0.05) is 11.4 Å². The van der Waals surface area contributed by atoms with Crippen LogP contribution in [0.2, 0.25) is 0 Å². The average molecular weight is 358 g/mol. The predicted molar refractivity (Wildman–Crippen MR) is 88.1 cm³/mol. The van der Waals surface area contributed by atoms with Crippen molar-refractivity contribution in [3.05, 3.63) is 16.0 Å². The van der Waals surface area contributed by atoms with Crippen LogP contribution in [-0.2, 0) is 17.6 Å². The van der Waals surface area contributed by atoms with Crippen LogP contribution in [0.15, 0.2) is 0 Å². The highest BCUT2D eigenvalue weighted by Gasteiger charge is 2.44. The van der Waals surface area contributed by atoms with Gasteiger partial charge in [-0.25, -0.2) is 0 Å². The van der Waals surface area contributed by atoms with Gasteiger partial charge >= 0.3 is 12.1 Å². The quantitative estimate of drug-likeness (QED) is 0.770. The number of nitriles is 1. The lowest BCUT2D eigenvalue weighted by Gasteiger charge is -2.33. The Bertz CT molecular complexity index is 680. The monoisotopic (exact) mass is 358 g/mol. The van der Waals surface area contributed by atoms with Crippen molar-refractivity contribution >= 4 is 22.2 Å². The third kappa shape index (κ3) is 3.44. The van der Waals surface area contributed by atoms with E-state index >= 15 is 0 Å². The van der Waals surface area contributed by atoms with Crippen molar-refractivity contribution < 1.29 is 18.0 Å². The van der Waals surface area contributed by atoms with Crippen LogP contribution in [0.5, 0.6) is 0 Å². The molecule has 0 aliphatic heterocycles. The molecule has 1 amide bonds. The van der Waals surface area contributed by atoms with E-state index in [0.717, 1.165) is 23.3 Å². The molecular formula is C17H21F3N2OS. The minimum atomic E-state index is -4.94. The Morgan fingerprint density at radius 1 is 1.38 bits per heavy atom. The van der Waals surface area contributed by atoms with Crippen molar-refractivity contribution in [1.82, 2.24) is 0 Å². The SMILES string of the molecule is CCN(C(=O)C(F)(F)F)c1sc2c(c1C#N)CCC(C(C)(C)C)C2. The molecule has 3 nitrogen and oxygen atoms in total. The predicted octanol–water partition coefficient (Wildman–Crippen LogP) is 4.69. The van der Waals surface area contributed by atoms with E-state index in [-0.39, 0.29) is 22.5 Å². The lowest BCUT2D eigenvalue weighted by atomic mass is 9.72. The summed E-state index contributed by atoms with van der Waals surface area (Å²) in [6, 6.07) is 2.03. The second-order valence-corrected chi connectivity index (χ2v) is 8.23. The number of thiophene rings is 1. The summed E-state index contributed by atoms with van der Waals surface area (Å²) in [5.74, 6) is -1.50. The molecule has 0 saturated heterocycles. The molecule has 2 rings (SSSR count). The van der Waals surface area contributed by atoms with Gasteiger partial charge in [0.05, 0.1) is 5.56 Å². The van der Waals surface area contributed by atoms with Gasteiger partial charge in [-0.2, -0.15) is 18.4 Å². The maximum atomic E-state index is 12.8. The van der Waals surface area contributed by atoms with Crippen LogP contribution < -0.4 is 4.90 Å². The molecule has 1 aliphatic rings. The summed E-state index contributed by atoms with van der Waals surface area (Å²) in [5, 5.41) is 9.60. The molecular weight excluding hydrogens is 337 g/mol. The molecule has 0 N–H and O–H groups in total. The van der Waals surface area contributed by atoms with E-state index < -0.39 is 12.1 Å². The van der Waals surface area contributed by atoms with Crippen molar-refractivity contribution in [2.45, 2.75) is 53.1 Å². The first kappa shape index (κ1) is 18.8. The molecule has 0 radical (unpaired) electrons. The summed E-state index contributed by atoms with van der Waals surface area (Å²) in [6.45, 7) is 7.81. The molecule has 1 heterocycles. The van der Waals surface area contributed by atoms with Crippen LogP contribution in [-0.4, -0.2) is 18.6 Å². The van der Waals surface area contributed by atoms with Gasteiger partial charge in [0.25, 0.3) is 0 Å². The minimum Gasteiger partial charge on any atom is -0.295 e. The first-order chi connectivity index (χ1) is 11.0. The molecule has 1 aromatic rings. The van der Waals surface area contributed by atoms with Gasteiger partial charge in [0.2, 0.25) is 0 Å². The Kier molecular flexibility index (Phi) is 5.01. The molecule has 132 valence electrons. The summed E-state index contributed by atoms with van der Waals surface area (Å²) in [6.07, 6.45) is -2.62. The highest BCUT2D eigenvalue weighted by atomic mass is 32.1. The zero-order valence-electron chi connectivity index (χ0n) is 14.3. The highest BCUT2D eigenvalue weighted by Crippen LogP contribution is 2.45. The molecule has 24 heavy (non-hydrogen) atoms. The van der Waals surface area contributed by atoms with Gasteiger partial charge in [-0.1, -0.05) is 20.8 Å². The van der Waals surface area contributed by atoms with Gasteiger partial charge in [0.1, 0.15) is 11.1 Å². The normalized spacial score (nSPS) is 18.0. The molecule has 7 heteroatoms. The summed E-state index contributed by atoms with van der Waals surface area (Å²) in [7, 11) is 0. The second-order valence-electron chi connectivity index (χ2n) is 7.15. The van der Waals surface area contributed by atoms with Crippen LogP contribution in [0.1, 0.15) is 50.1 Å². The number of carbonyl (C=O) groups is 1. The van der Waals surface area contributed by atoms with Gasteiger partial charge in [-0.3, -0.25) is 9.69 Å². The lowest BCUT2D eigenvalue weighted by molar-refractivity contribution is -0.170. The number of fused-ring (bicyclic) bond motifs is 1. The zero-order valence-corrected chi connectivity index (χ0v) is 15.1. The summed E-state index contributed by atoms with van der Waals surface area (Å²) in [4.78, 5) is 13.3. The Morgan fingerprint density at radius 3 is 2.46 bits per heavy atom. The van der Waals surface area contributed by atoms with E-state index in [0.29, 0.717) is 17.2 Å². The van der Waals surface area contributed by atoms with Crippen molar-refractivity contribution in [1.29, 1.82) is 5.26 Å². The minimum absolute atomic E-state index is 0.0981. The van der Waals surface area contributed by atoms with Crippen LogP contribution in [0.25, 0.3) is 0 Å². The van der Waals surface area contributed by atoms with Gasteiger partial charge < -0.3 is 0 Å². The van der Waals surface area contributed by atoms with E-state index in [2.05, 4.69) is 20.8 Å². The molecule has 0 aromatic carbocycles. The summed E-state index contributed by atoms with van der Waals surface area (Å²) < 4.78 is 38.5. The first-order valence-electron chi connectivity index (χ1n) is 7.94. The van der Waals surface area contributed by atoms with Gasteiger partial charge in [-0.05, 0) is 43.1 Å². The largest absolute Gasteiger partial charge is 0.471 e. The molecule has 1 unspecified atom stereocenters. The Hall–Kier alpha value is -1.55. The second kappa shape index (κ2) is 6.40. The third-order valence-corrected chi connectivity index (χ3v) is 5.91. The van der Waals surface area contributed by atoms with Crippen molar-refractivity contribution in [3.63, 3.8) is 0 Å². The molecule has 0 bridgehead atoms. The maximum Gasteiger partial charge on any atom is 0.471 e. The van der Waals surface area contributed by atoms with Crippen LogP contribution in [0.3, 0.4) is 0 Å². The number of hydrogen-bond acceptors (Lipinski definition) is 3. The maximum absolute atomic E-state index is 12.8. The number of carbonyl (C=O) groups excluding carboxylic acids is 1. The molecule has 1 atom stereocenters. The first-order valence-corrected chi connectivity index (χ1v) is 8.75. The van der Waals surface area contributed by atoms with Crippen molar-refractivity contribution in [3.8, 4) is 6.07 Å². The lowest BCUT2D eigenvalue weighted by Crippen LogP contribution is -2.41. The number of amides is 1. The van der Waals surface area contributed by atoms with E-state index in [4.69, 9.17) is 0 Å². The van der Waals surface area contributed by atoms with E-state index in [1.165, 1.54) is 18.3 Å². The van der Waals surface area contributed by atoms with E-state index in [1.54, 1.807) is 0 Å². The van der Waals surface area contributed by atoms with Crippen molar-refractivity contribution in [2.24, 2.45) is 11.3 Å². The molecule has 0 spiro atoms. The number of halogens is 3. The van der Waals surface area contributed by atoms with Crippen LogP contribution in [0, 0.1) is 22.7 Å². The van der Waals surface area contributed by atoms with Gasteiger partial charge in [0.15, 0.2) is 0 Å². The van der Waals surface area contributed by atoms with E-state index in [9.17, 15) is 23.2 Å². The number of alkyl halides is 3. The van der Waals surface area contributed by atoms with Crippen molar-refractivity contribution in [2.75, 3.05) is 11.4 Å². The molecule has 1 aromatic heterocycles. The van der Waals surface area contributed by atoms with Crippen LogP contribution >= 0.6 is 11.3 Å². The van der Waals surface area contributed by atoms with Crippen LogP contribution in [0.4, 0.5) is 18.2 Å². The average Bonchev–Trinajstić information content (AvgIpc) is 2.83. The number of anilines is 1. The topological polar surface area (TPSA) is 44.1 Å². The summed E-state index contributed by atoms with van der Waals surface area (Å²) >= 11 is 1.17. The molecule has 1 aliphatic carbocycles. The number of hydrogen-bond donors (Lipinski definition) is 0. The fourth-order valence-corrected chi connectivity index (χ4v) is 4.59. The smallest absolute Gasteiger partial charge is 0.295 e. The fraction of sp³-hybridized carbons (Fsp3) is 0.647. The standard InChI is InChI=1S/C17H21F3N2OS/c1-5-22(15(23)17(18,19)20)14-12(9-21)11-7-6-10(16(2,3)4)8-13(11)24-14/h10H,5-8H2,1-4H3. The Balaban J connectivity index is 2.46. The Morgan fingerprint density at radius 2 is 2.00 bits per heavy atom. The van der Waals surface area contributed by atoms with E-state index in [1.807, 2.05) is 6.07 Å². The fourth-order valence-electron chi connectivity index (χ4n) is 3.15. The number of rotatable bonds is 2. The molecule has 0 saturated carbocycles. The zero-order chi connectivity index (χ0) is 18.3. The molecule has 0 fully saturated rings. The Labute approximate surface area is 144 Å². The number of nitrogens with zero attached hydrogens (tertiary/aromatic N) is 2. The highest BCUT2D eigenvalue weighted by molar-refractivity contribution is 7.16.